The smallest absolute Gasteiger partial charge is 0.243 e. The van der Waals surface area contributed by atoms with Crippen LogP contribution < -0.4 is 14.4 Å². The molecule has 1 fully saturated rings. The monoisotopic (exact) mass is 472 g/mol. The maximum Gasteiger partial charge on any atom is 0.243 e. The zero-order chi connectivity index (χ0) is 23.4. The second kappa shape index (κ2) is 9.48. The van der Waals surface area contributed by atoms with Crippen LogP contribution in [0.3, 0.4) is 0 Å². The lowest BCUT2D eigenvalue weighted by atomic mass is 10.3. The Labute approximate surface area is 190 Å². The average Bonchev–Trinajstić information content (AvgIpc) is 3.27. The number of hydrogen-bond acceptors (Lipinski definition) is 8. The molecule has 0 amide bonds. The number of aromatic nitrogens is 1. The number of ether oxygens (including phenoxy) is 2. The van der Waals surface area contributed by atoms with Gasteiger partial charge in [0.2, 0.25) is 27.5 Å². The van der Waals surface area contributed by atoms with Crippen molar-refractivity contribution >= 4 is 15.9 Å². The van der Waals surface area contributed by atoms with Crippen molar-refractivity contribution in [3.8, 4) is 17.6 Å². The van der Waals surface area contributed by atoms with E-state index in [9.17, 15) is 18.1 Å². The second-order valence-corrected chi connectivity index (χ2v) is 9.12. The van der Waals surface area contributed by atoms with Crippen LogP contribution in [0.15, 0.2) is 57.8 Å². The minimum Gasteiger partial charge on any atom is -0.497 e. The lowest BCUT2D eigenvalue weighted by molar-refractivity contribution is 0.262. The van der Waals surface area contributed by atoms with E-state index in [0.717, 1.165) is 12.1 Å². The van der Waals surface area contributed by atoms with Crippen molar-refractivity contribution in [1.82, 2.24) is 9.29 Å². The van der Waals surface area contributed by atoms with Gasteiger partial charge in [-0.05, 0) is 48.5 Å². The number of hydrogen-bond donors (Lipinski definition) is 0. The van der Waals surface area contributed by atoms with Crippen molar-refractivity contribution < 1.29 is 26.7 Å². The fourth-order valence-electron chi connectivity index (χ4n) is 3.41. The van der Waals surface area contributed by atoms with E-state index in [1.807, 2.05) is 6.07 Å². The first-order valence-electron chi connectivity index (χ1n) is 10.1. The van der Waals surface area contributed by atoms with E-state index in [2.05, 4.69) is 4.98 Å². The fraction of sp³-hybridized carbons (Fsp3) is 0.273. The minimum absolute atomic E-state index is 0.0277. The van der Waals surface area contributed by atoms with Crippen LogP contribution in [-0.4, -0.2) is 51.0 Å². The highest BCUT2D eigenvalue weighted by atomic mass is 32.2. The van der Waals surface area contributed by atoms with Gasteiger partial charge in [0.25, 0.3) is 0 Å². The molecule has 0 N–H and O–H groups in total. The SMILES string of the molecule is COc1ccc(OCc2nc(C#N)c(N3CCN(S(=O)(=O)c4ccc(F)cc4)CC3)o2)cc1. The number of piperazine rings is 1. The number of rotatable bonds is 7. The number of methoxy groups -OCH3 is 1. The number of nitrogens with zero attached hydrogens (tertiary/aromatic N) is 4. The fourth-order valence-corrected chi connectivity index (χ4v) is 4.83. The summed E-state index contributed by atoms with van der Waals surface area (Å²) in [5, 5.41) is 9.47. The first-order valence-corrected chi connectivity index (χ1v) is 11.5. The zero-order valence-electron chi connectivity index (χ0n) is 17.8. The van der Waals surface area contributed by atoms with E-state index in [4.69, 9.17) is 13.9 Å². The molecule has 11 heteroatoms. The predicted octanol–water partition coefficient (Wildman–Crippen LogP) is 2.78. The predicted molar refractivity (Wildman–Crippen MR) is 116 cm³/mol. The molecule has 0 radical (unpaired) electrons. The van der Waals surface area contributed by atoms with Crippen LogP contribution >= 0.6 is 0 Å². The summed E-state index contributed by atoms with van der Waals surface area (Å²) >= 11 is 0. The lowest BCUT2D eigenvalue weighted by Crippen LogP contribution is -2.48. The number of anilines is 1. The number of halogens is 1. The summed E-state index contributed by atoms with van der Waals surface area (Å²) in [5.74, 6) is 1.31. The summed E-state index contributed by atoms with van der Waals surface area (Å²) in [7, 11) is -2.16. The molecule has 33 heavy (non-hydrogen) atoms. The number of benzene rings is 2. The third-order valence-corrected chi connectivity index (χ3v) is 7.07. The van der Waals surface area contributed by atoms with Crippen LogP contribution in [0.5, 0.6) is 11.5 Å². The molecule has 0 unspecified atom stereocenters. The maximum absolute atomic E-state index is 13.1. The van der Waals surface area contributed by atoms with Gasteiger partial charge in [-0.15, -0.1) is 0 Å². The van der Waals surface area contributed by atoms with Gasteiger partial charge in [0.1, 0.15) is 23.4 Å². The van der Waals surface area contributed by atoms with Crippen molar-refractivity contribution in [2.75, 3.05) is 38.2 Å². The van der Waals surface area contributed by atoms with Crippen LogP contribution in [0.25, 0.3) is 0 Å². The van der Waals surface area contributed by atoms with Gasteiger partial charge in [-0.1, -0.05) is 0 Å². The molecule has 0 saturated carbocycles. The van der Waals surface area contributed by atoms with E-state index in [0.29, 0.717) is 24.6 Å². The summed E-state index contributed by atoms with van der Waals surface area (Å²) < 4.78 is 56.6. The van der Waals surface area contributed by atoms with Crippen LogP contribution in [-0.2, 0) is 16.6 Å². The summed E-state index contributed by atoms with van der Waals surface area (Å²) in [6.45, 7) is 1.01. The molecule has 1 saturated heterocycles. The number of sulfonamides is 1. The summed E-state index contributed by atoms with van der Waals surface area (Å²) in [4.78, 5) is 6.00. The van der Waals surface area contributed by atoms with Gasteiger partial charge < -0.3 is 18.8 Å². The van der Waals surface area contributed by atoms with E-state index in [1.165, 1.54) is 16.4 Å². The number of oxazole rings is 1. The van der Waals surface area contributed by atoms with Gasteiger partial charge in [0.15, 0.2) is 6.61 Å². The molecule has 9 nitrogen and oxygen atoms in total. The van der Waals surface area contributed by atoms with Crippen molar-refractivity contribution in [3.05, 3.63) is 65.9 Å². The average molecular weight is 472 g/mol. The van der Waals surface area contributed by atoms with Gasteiger partial charge in [-0.25, -0.2) is 12.8 Å². The molecule has 1 aliphatic rings. The molecule has 0 bridgehead atoms. The molecule has 4 rings (SSSR count). The van der Waals surface area contributed by atoms with Crippen LogP contribution in [0.2, 0.25) is 0 Å². The molecule has 1 aliphatic heterocycles. The Hall–Kier alpha value is -3.62. The first-order chi connectivity index (χ1) is 15.9. The van der Waals surface area contributed by atoms with E-state index in [-0.39, 0.29) is 42.1 Å². The molecule has 2 heterocycles. The molecular weight excluding hydrogens is 451 g/mol. The van der Waals surface area contributed by atoms with E-state index < -0.39 is 15.8 Å². The quantitative estimate of drug-likeness (QED) is 0.517. The Morgan fingerprint density at radius 2 is 1.70 bits per heavy atom. The third-order valence-electron chi connectivity index (χ3n) is 5.16. The van der Waals surface area contributed by atoms with Gasteiger partial charge >= 0.3 is 0 Å². The van der Waals surface area contributed by atoms with Gasteiger partial charge in [0, 0.05) is 26.2 Å². The summed E-state index contributed by atoms with van der Waals surface area (Å²) in [6.07, 6.45) is 0. The third kappa shape index (κ3) is 4.92. The maximum atomic E-state index is 13.1. The van der Waals surface area contributed by atoms with E-state index in [1.54, 1.807) is 36.3 Å². The Morgan fingerprint density at radius 3 is 2.30 bits per heavy atom. The lowest BCUT2D eigenvalue weighted by Gasteiger charge is -2.33. The highest BCUT2D eigenvalue weighted by Gasteiger charge is 2.31. The Bertz CT molecular complexity index is 1250. The standard InChI is InChI=1S/C22H21FN4O5S/c1-30-17-4-6-18(7-5-17)31-15-21-25-20(14-24)22(32-21)26-10-12-27(13-11-26)33(28,29)19-8-2-16(23)3-9-19/h2-9H,10-13,15H2,1H3. The highest BCUT2D eigenvalue weighted by Crippen LogP contribution is 2.26. The zero-order valence-corrected chi connectivity index (χ0v) is 18.6. The molecular formula is C22H21FN4O5S. The topological polar surface area (TPSA) is 109 Å². The van der Waals surface area contributed by atoms with Crippen molar-refractivity contribution in [3.63, 3.8) is 0 Å². The highest BCUT2D eigenvalue weighted by molar-refractivity contribution is 7.89. The molecule has 2 aromatic carbocycles. The van der Waals surface area contributed by atoms with Crippen LogP contribution in [0.4, 0.5) is 10.3 Å². The van der Waals surface area contributed by atoms with Crippen molar-refractivity contribution in [1.29, 1.82) is 5.26 Å². The second-order valence-electron chi connectivity index (χ2n) is 7.18. The van der Waals surface area contributed by atoms with Gasteiger partial charge in [-0.3, -0.25) is 0 Å². The normalized spacial score (nSPS) is 14.6. The van der Waals surface area contributed by atoms with Crippen LogP contribution in [0, 0.1) is 17.1 Å². The molecule has 0 aliphatic carbocycles. The largest absolute Gasteiger partial charge is 0.497 e. The molecule has 3 aromatic rings. The van der Waals surface area contributed by atoms with Gasteiger partial charge in [0.05, 0.1) is 12.0 Å². The summed E-state index contributed by atoms with van der Waals surface area (Å²) in [6, 6.07) is 13.8. The van der Waals surface area contributed by atoms with E-state index >= 15 is 0 Å². The molecule has 172 valence electrons. The molecule has 1 aromatic heterocycles. The van der Waals surface area contributed by atoms with Crippen molar-refractivity contribution in [2.45, 2.75) is 11.5 Å². The molecule has 0 spiro atoms. The summed E-state index contributed by atoms with van der Waals surface area (Å²) in [5.41, 5.74) is 0.109. The van der Waals surface area contributed by atoms with Crippen LogP contribution in [0.1, 0.15) is 11.6 Å². The minimum atomic E-state index is -3.74. The van der Waals surface area contributed by atoms with Crippen molar-refractivity contribution in [2.24, 2.45) is 0 Å². The number of nitriles is 1. The molecule has 0 atom stereocenters. The van der Waals surface area contributed by atoms with Gasteiger partial charge in [-0.2, -0.15) is 14.6 Å². The Balaban J connectivity index is 1.41. The first kappa shape index (κ1) is 22.6. The Kier molecular flexibility index (Phi) is 6.48. The Morgan fingerprint density at radius 1 is 1.06 bits per heavy atom.